The van der Waals surface area contributed by atoms with E-state index in [1.54, 1.807) is 38.1 Å². The Morgan fingerprint density at radius 1 is 1.29 bits per heavy atom. The van der Waals surface area contributed by atoms with E-state index in [0.29, 0.717) is 26.8 Å². The smallest absolute Gasteiger partial charge is 0.338 e. The number of hydrogen-bond donors (Lipinski definition) is 1. The van der Waals surface area contributed by atoms with Crippen molar-refractivity contribution in [3.8, 4) is 11.5 Å². The number of thiazole rings is 1. The van der Waals surface area contributed by atoms with E-state index in [1.807, 2.05) is 0 Å². The summed E-state index contributed by atoms with van der Waals surface area (Å²) < 4.78 is 12.6. The SMILES string of the molecule is CCOC(=O)C1=C(C)N=c2s/c(=C/c3cc(Cl)cc(Cl)c3O)c(=O)n2[C@H]1c1ccccc1OC. The lowest BCUT2D eigenvalue weighted by molar-refractivity contribution is -0.139. The first kappa shape index (κ1) is 24.1. The number of halogens is 2. The number of ether oxygens (including phenoxy) is 2. The number of hydrogen-bond acceptors (Lipinski definition) is 7. The summed E-state index contributed by atoms with van der Waals surface area (Å²) in [6.45, 7) is 3.59. The van der Waals surface area contributed by atoms with Crippen LogP contribution in [0.4, 0.5) is 0 Å². The van der Waals surface area contributed by atoms with Crippen molar-refractivity contribution >= 4 is 46.6 Å². The Balaban J connectivity index is 2.02. The molecule has 1 aliphatic heterocycles. The second-order valence-electron chi connectivity index (χ2n) is 7.37. The molecule has 2 aromatic carbocycles. The van der Waals surface area contributed by atoms with Crippen molar-refractivity contribution in [2.24, 2.45) is 4.99 Å². The molecule has 176 valence electrons. The van der Waals surface area contributed by atoms with Gasteiger partial charge in [-0.05, 0) is 38.1 Å². The maximum atomic E-state index is 13.6. The van der Waals surface area contributed by atoms with Crippen molar-refractivity contribution < 1.29 is 19.4 Å². The van der Waals surface area contributed by atoms with Crippen LogP contribution in [-0.4, -0.2) is 29.4 Å². The number of allylic oxidation sites excluding steroid dienone is 1. The van der Waals surface area contributed by atoms with Crippen molar-refractivity contribution in [1.82, 2.24) is 4.57 Å². The molecule has 0 aliphatic carbocycles. The summed E-state index contributed by atoms with van der Waals surface area (Å²) >= 11 is 13.2. The van der Waals surface area contributed by atoms with Gasteiger partial charge in [-0.2, -0.15) is 0 Å². The largest absolute Gasteiger partial charge is 0.506 e. The third-order valence-electron chi connectivity index (χ3n) is 5.29. The molecule has 1 aliphatic rings. The first-order valence-electron chi connectivity index (χ1n) is 10.3. The Bertz CT molecular complexity index is 1510. The molecule has 0 saturated carbocycles. The Morgan fingerprint density at radius 2 is 2.03 bits per heavy atom. The van der Waals surface area contributed by atoms with Gasteiger partial charge < -0.3 is 14.6 Å². The number of carbonyl (C=O) groups excluding carboxylic acids is 1. The zero-order chi connectivity index (χ0) is 24.6. The Kier molecular flexibility index (Phi) is 6.84. The van der Waals surface area contributed by atoms with Gasteiger partial charge in [-0.3, -0.25) is 9.36 Å². The van der Waals surface area contributed by atoms with Gasteiger partial charge in [0.05, 0.1) is 34.5 Å². The minimum atomic E-state index is -0.815. The van der Waals surface area contributed by atoms with E-state index in [9.17, 15) is 14.7 Å². The molecular weight excluding hydrogens is 499 g/mol. The maximum absolute atomic E-state index is 13.6. The third-order valence-corrected chi connectivity index (χ3v) is 6.78. The van der Waals surface area contributed by atoms with Crippen molar-refractivity contribution in [2.45, 2.75) is 19.9 Å². The summed E-state index contributed by atoms with van der Waals surface area (Å²) in [5.74, 6) is -0.243. The normalized spacial score (nSPS) is 15.7. The number of benzene rings is 2. The highest BCUT2D eigenvalue weighted by Gasteiger charge is 2.34. The minimum Gasteiger partial charge on any atom is -0.506 e. The lowest BCUT2D eigenvalue weighted by Crippen LogP contribution is -2.40. The molecule has 0 amide bonds. The summed E-state index contributed by atoms with van der Waals surface area (Å²) in [5, 5.41) is 10.7. The van der Waals surface area contributed by atoms with Gasteiger partial charge in [-0.15, -0.1) is 0 Å². The van der Waals surface area contributed by atoms with Crippen LogP contribution in [0.25, 0.3) is 6.08 Å². The maximum Gasteiger partial charge on any atom is 0.338 e. The molecule has 4 rings (SSSR count). The van der Waals surface area contributed by atoms with Crippen molar-refractivity contribution in [3.63, 3.8) is 0 Å². The fourth-order valence-corrected chi connectivity index (χ4v) is 5.36. The highest BCUT2D eigenvalue weighted by molar-refractivity contribution is 7.07. The molecule has 0 spiro atoms. The molecule has 1 aromatic heterocycles. The van der Waals surface area contributed by atoms with Crippen LogP contribution >= 0.6 is 34.5 Å². The fourth-order valence-electron chi connectivity index (χ4n) is 3.82. The van der Waals surface area contributed by atoms with Gasteiger partial charge >= 0.3 is 5.97 Å². The molecule has 0 bridgehead atoms. The summed E-state index contributed by atoms with van der Waals surface area (Å²) in [6, 6.07) is 9.26. The Hall–Kier alpha value is -3.07. The number of para-hydroxylation sites is 1. The van der Waals surface area contributed by atoms with E-state index in [2.05, 4.69) is 4.99 Å². The number of aromatic nitrogens is 1. The summed E-state index contributed by atoms with van der Waals surface area (Å²) in [5.41, 5.74) is 1.20. The lowest BCUT2D eigenvalue weighted by Gasteiger charge is -2.25. The number of esters is 1. The summed E-state index contributed by atoms with van der Waals surface area (Å²) in [7, 11) is 1.52. The van der Waals surface area contributed by atoms with E-state index in [0.717, 1.165) is 11.3 Å². The number of phenolic OH excluding ortho intramolecular Hbond substituents is 1. The van der Waals surface area contributed by atoms with Gasteiger partial charge in [0, 0.05) is 16.1 Å². The number of rotatable bonds is 5. The minimum absolute atomic E-state index is 0.0684. The average Bonchev–Trinajstić information content (AvgIpc) is 3.10. The highest BCUT2D eigenvalue weighted by atomic mass is 35.5. The first-order chi connectivity index (χ1) is 16.3. The predicted molar refractivity (Wildman–Crippen MR) is 132 cm³/mol. The summed E-state index contributed by atoms with van der Waals surface area (Å²) in [6.07, 6.45) is 1.50. The molecular formula is C24H20Cl2N2O5S. The van der Waals surface area contributed by atoms with Crippen LogP contribution in [0.15, 0.2) is 57.5 Å². The van der Waals surface area contributed by atoms with Gasteiger partial charge in [0.25, 0.3) is 5.56 Å². The van der Waals surface area contributed by atoms with E-state index in [4.69, 9.17) is 32.7 Å². The van der Waals surface area contributed by atoms with Crippen molar-refractivity contribution in [3.05, 3.63) is 88.5 Å². The number of carbonyl (C=O) groups is 1. The van der Waals surface area contributed by atoms with Gasteiger partial charge in [-0.25, -0.2) is 9.79 Å². The number of fused-ring (bicyclic) bond motifs is 1. The number of methoxy groups -OCH3 is 1. The molecule has 3 aromatic rings. The predicted octanol–water partition coefficient (Wildman–Crippen LogP) is 3.82. The second kappa shape index (κ2) is 9.66. The molecule has 0 unspecified atom stereocenters. The van der Waals surface area contributed by atoms with Gasteiger partial charge in [0.1, 0.15) is 17.5 Å². The quantitative estimate of drug-likeness (QED) is 0.518. The van der Waals surface area contributed by atoms with Crippen LogP contribution in [0.2, 0.25) is 10.0 Å². The van der Waals surface area contributed by atoms with Gasteiger partial charge in [-0.1, -0.05) is 52.7 Å². The molecule has 7 nitrogen and oxygen atoms in total. The topological polar surface area (TPSA) is 90.1 Å². The Labute approximate surface area is 208 Å². The van der Waals surface area contributed by atoms with Crippen molar-refractivity contribution in [1.29, 1.82) is 0 Å². The molecule has 34 heavy (non-hydrogen) atoms. The van der Waals surface area contributed by atoms with Crippen LogP contribution < -0.4 is 19.6 Å². The third kappa shape index (κ3) is 4.24. The van der Waals surface area contributed by atoms with Crippen LogP contribution in [0, 0.1) is 0 Å². The molecule has 1 atom stereocenters. The van der Waals surface area contributed by atoms with Crippen LogP contribution in [-0.2, 0) is 9.53 Å². The van der Waals surface area contributed by atoms with Crippen LogP contribution in [0.5, 0.6) is 11.5 Å². The lowest BCUT2D eigenvalue weighted by atomic mass is 9.95. The first-order valence-corrected chi connectivity index (χ1v) is 11.8. The van der Waals surface area contributed by atoms with Gasteiger partial charge in [0.2, 0.25) is 0 Å². The standard InChI is InChI=1S/C24H20Cl2N2O5S/c1-4-33-23(31)19-12(2)27-24-28(20(19)15-7-5-6-8-17(15)32-3)22(30)18(34-24)10-13-9-14(25)11-16(26)21(13)29/h5-11,20,29H,4H2,1-3H3/b18-10+/t20-/m0/s1. The van der Waals surface area contributed by atoms with E-state index in [1.165, 1.54) is 29.9 Å². The summed E-state index contributed by atoms with van der Waals surface area (Å²) in [4.78, 5) is 31.5. The molecule has 10 heteroatoms. The number of nitrogens with zero attached hydrogens (tertiary/aromatic N) is 2. The molecule has 1 N–H and O–H groups in total. The molecule has 2 heterocycles. The average molecular weight is 519 g/mol. The van der Waals surface area contributed by atoms with E-state index >= 15 is 0 Å². The number of aromatic hydroxyl groups is 1. The fraction of sp³-hybridized carbons (Fsp3) is 0.208. The zero-order valence-electron chi connectivity index (χ0n) is 18.5. The van der Waals surface area contributed by atoms with Crippen molar-refractivity contribution in [2.75, 3.05) is 13.7 Å². The van der Waals surface area contributed by atoms with Crippen LogP contribution in [0.3, 0.4) is 0 Å². The number of phenols is 1. The van der Waals surface area contributed by atoms with E-state index in [-0.39, 0.29) is 33.0 Å². The van der Waals surface area contributed by atoms with E-state index < -0.39 is 17.6 Å². The Morgan fingerprint density at radius 3 is 2.74 bits per heavy atom. The zero-order valence-corrected chi connectivity index (χ0v) is 20.8. The second-order valence-corrected chi connectivity index (χ2v) is 9.22. The molecule has 0 radical (unpaired) electrons. The van der Waals surface area contributed by atoms with Crippen LogP contribution in [0.1, 0.15) is 31.0 Å². The molecule has 0 saturated heterocycles. The molecule has 0 fully saturated rings. The highest BCUT2D eigenvalue weighted by Crippen LogP contribution is 2.36. The van der Waals surface area contributed by atoms with Gasteiger partial charge in [0.15, 0.2) is 4.80 Å². The monoisotopic (exact) mass is 518 g/mol.